The van der Waals surface area contributed by atoms with Gasteiger partial charge in [-0.1, -0.05) is 12.1 Å². The third kappa shape index (κ3) is 4.72. The van der Waals surface area contributed by atoms with Crippen LogP contribution in [-0.4, -0.2) is 73.2 Å². The van der Waals surface area contributed by atoms with Gasteiger partial charge in [0.25, 0.3) is 5.91 Å². The average molecular weight is 403 g/mol. The number of carbonyl (C=O) groups excluding carboxylic acids is 1. The van der Waals surface area contributed by atoms with E-state index < -0.39 is 0 Å². The Balaban J connectivity index is 1.43. The second-order valence-electron chi connectivity index (χ2n) is 6.46. The molecule has 1 amide bonds. The van der Waals surface area contributed by atoms with Crippen LogP contribution in [0.25, 0.3) is 0 Å². The van der Waals surface area contributed by atoms with Crippen molar-refractivity contribution in [3.05, 3.63) is 40.3 Å². The summed E-state index contributed by atoms with van der Waals surface area (Å²) >= 11 is 1.35. The average Bonchev–Trinajstić information content (AvgIpc) is 3.15. The molecule has 3 N–H and O–H groups in total. The zero-order valence-corrected chi connectivity index (χ0v) is 17.0. The molecule has 0 unspecified atom stereocenters. The number of piperazine rings is 1. The van der Waals surface area contributed by atoms with E-state index in [1.54, 1.807) is 18.6 Å². The highest BCUT2D eigenvalue weighted by Crippen LogP contribution is 2.27. The molecule has 0 spiro atoms. The van der Waals surface area contributed by atoms with Crippen molar-refractivity contribution in [2.75, 3.05) is 51.2 Å². The molecule has 1 fully saturated rings. The number of amides is 1. The van der Waals surface area contributed by atoms with Crippen molar-refractivity contribution in [3.63, 3.8) is 0 Å². The summed E-state index contributed by atoms with van der Waals surface area (Å²) in [6.07, 6.45) is 0. The number of nitrogens with one attached hydrogen (secondary N) is 2. The Morgan fingerprint density at radius 1 is 1.21 bits per heavy atom. The number of rotatable bonds is 5. The summed E-state index contributed by atoms with van der Waals surface area (Å²) in [6.45, 7) is 6.16. The van der Waals surface area contributed by atoms with Crippen molar-refractivity contribution in [2.24, 2.45) is 4.99 Å². The normalized spacial score (nSPS) is 14.9. The number of hydrogen-bond donors (Lipinski definition) is 3. The Hall–Kier alpha value is -2.81. The van der Waals surface area contributed by atoms with Gasteiger partial charge >= 0.3 is 0 Å². The number of para-hydroxylation sites is 2. The van der Waals surface area contributed by atoms with Crippen molar-refractivity contribution >= 4 is 28.9 Å². The molecule has 0 radical (unpaired) electrons. The standard InChI is InChI=1S/C19H26N6O2S/c1-14-17(28-13-23-14)18(27)21-7-8-22-19(20-2)25-11-9-24(10-12-25)15-5-3-4-6-16(15)26/h3-6,13,26H,7-12H2,1-2H3,(H,20,22)(H,21,27). The Kier molecular flexibility index (Phi) is 6.70. The van der Waals surface area contributed by atoms with Gasteiger partial charge in [-0.05, 0) is 19.1 Å². The smallest absolute Gasteiger partial charge is 0.263 e. The van der Waals surface area contributed by atoms with E-state index in [2.05, 4.69) is 30.4 Å². The van der Waals surface area contributed by atoms with Crippen LogP contribution in [0, 0.1) is 6.92 Å². The molecule has 8 nitrogen and oxygen atoms in total. The molecule has 0 atom stereocenters. The second-order valence-corrected chi connectivity index (χ2v) is 7.31. The number of phenolic OH excluding ortho intramolecular Hbond substituents is 1. The first-order valence-electron chi connectivity index (χ1n) is 9.27. The van der Waals surface area contributed by atoms with Gasteiger partial charge in [0.15, 0.2) is 5.96 Å². The van der Waals surface area contributed by atoms with E-state index in [0.29, 0.717) is 23.7 Å². The quantitative estimate of drug-likeness (QED) is 0.396. The predicted octanol–water partition coefficient (Wildman–Crippen LogP) is 1.28. The van der Waals surface area contributed by atoms with E-state index in [4.69, 9.17) is 0 Å². The summed E-state index contributed by atoms with van der Waals surface area (Å²) in [5.74, 6) is 1.04. The van der Waals surface area contributed by atoms with Crippen LogP contribution in [0.5, 0.6) is 5.75 Å². The van der Waals surface area contributed by atoms with Gasteiger partial charge < -0.3 is 25.5 Å². The number of thiazole rings is 1. The molecule has 1 aliphatic heterocycles. The van der Waals surface area contributed by atoms with E-state index in [1.807, 2.05) is 25.1 Å². The number of nitrogens with zero attached hydrogens (tertiary/aromatic N) is 4. The highest BCUT2D eigenvalue weighted by molar-refractivity contribution is 7.11. The summed E-state index contributed by atoms with van der Waals surface area (Å²) in [5, 5.41) is 16.2. The molecule has 0 aliphatic carbocycles. The molecule has 0 bridgehead atoms. The molecule has 150 valence electrons. The molecular formula is C19H26N6O2S. The Morgan fingerprint density at radius 2 is 1.93 bits per heavy atom. The lowest BCUT2D eigenvalue weighted by atomic mass is 10.2. The number of guanidine groups is 1. The fourth-order valence-electron chi connectivity index (χ4n) is 3.17. The second kappa shape index (κ2) is 9.41. The summed E-state index contributed by atoms with van der Waals surface area (Å²) in [4.78, 5) is 25.6. The lowest BCUT2D eigenvalue weighted by molar-refractivity contribution is 0.0957. The number of aryl methyl sites for hydroxylation is 1. The summed E-state index contributed by atoms with van der Waals surface area (Å²) in [5.41, 5.74) is 3.30. The van der Waals surface area contributed by atoms with Crippen LogP contribution < -0.4 is 15.5 Å². The van der Waals surface area contributed by atoms with Crippen molar-refractivity contribution < 1.29 is 9.90 Å². The van der Waals surface area contributed by atoms with Gasteiger partial charge in [-0.3, -0.25) is 9.79 Å². The van der Waals surface area contributed by atoms with Crippen LogP contribution in [0.1, 0.15) is 15.4 Å². The summed E-state index contributed by atoms with van der Waals surface area (Å²) < 4.78 is 0. The van der Waals surface area contributed by atoms with E-state index in [-0.39, 0.29) is 5.91 Å². The Labute approximate surface area is 168 Å². The van der Waals surface area contributed by atoms with Gasteiger partial charge in [0.2, 0.25) is 0 Å². The van der Waals surface area contributed by atoms with Crippen LogP contribution in [-0.2, 0) is 0 Å². The molecular weight excluding hydrogens is 376 g/mol. The third-order valence-electron chi connectivity index (χ3n) is 4.66. The van der Waals surface area contributed by atoms with Crippen LogP contribution in [0.15, 0.2) is 34.8 Å². The zero-order chi connectivity index (χ0) is 19.9. The molecule has 1 aromatic heterocycles. The van der Waals surface area contributed by atoms with Gasteiger partial charge in [-0.2, -0.15) is 0 Å². The van der Waals surface area contributed by atoms with Crippen LogP contribution in [0.4, 0.5) is 5.69 Å². The molecule has 1 aromatic carbocycles. The first-order valence-corrected chi connectivity index (χ1v) is 10.1. The largest absolute Gasteiger partial charge is 0.506 e. The number of phenols is 1. The van der Waals surface area contributed by atoms with Gasteiger partial charge in [0.1, 0.15) is 10.6 Å². The highest BCUT2D eigenvalue weighted by Gasteiger charge is 2.21. The predicted molar refractivity (Wildman–Crippen MR) is 112 cm³/mol. The molecule has 2 aromatic rings. The summed E-state index contributed by atoms with van der Waals surface area (Å²) in [7, 11) is 1.76. The minimum absolute atomic E-state index is 0.0897. The minimum atomic E-state index is -0.0897. The number of aromatic nitrogens is 1. The molecule has 1 aliphatic rings. The number of aliphatic imine (C=N–C) groups is 1. The fourth-order valence-corrected chi connectivity index (χ4v) is 3.89. The number of benzene rings is 1. The molecule has 0 saturated carbocycles. The molecule has 2 heterocycles. The lowest BCUT2D eigenvalue weighted by Crippen LogP contribution is -2.53. The van der Waals surface area contributed by atoms with Crippen LogP contribution in [0.2, 0.25) is 0 Å². The molecule has 3 rings (SSSR count). The molecule has 28 heavy (non-hydrogen) atoms. The lowest BCUT2D eigenvalue weighted by Gasteiger charge is -2.37. The maximum absolute atomic E-state index is 12.1. The van der Waals surface area contributed by atoms with Crippen molar-refractivity contribution in [3.8, 4) is 5.75 Å². The summed E-state index contributed by atoms with van der Waals surface area (Å²) in [6, 6.07) is 7.41. The zero-order valence-electron chi connectivity index (χ0n) is 16.2. The monoisotopic (exact) mass is 402 g/mol. The molecule has 1 saturated heterocycles. The van der Waals surface area contributed by atoms with Crippen LogP contribution >= 0.6 is 11.3 Å². The van der Waals surface area contributed by atoms with E-state index >= 15 is 0 Å². The maximum atomic E-state index is 12.1. The number of anilines is 1. The van der Waals surface area contributed by atoms with Crippen LogP contribution in [0.3, 0.4) is 0 Å². The van der Waals surface area contributed by atoms with E-state index in [1.165, 1.54) is 11.3 Å². The Morgan fingerprint density at radius 3 is 2.57 bits per heavy atom. The van der Waals surface area contributed by atoms with E-state index in [9.17, 15) is 9.90 Å². The van der Waals surface area contributed by atoms with Crippen molar-refractivity contribution in [1.82, 2.24) is 20.5 Å². The van der Waals surface area contributed by atoms with Crippen molar-refractivity contribution in [1.29, 1.82) is 0 Å². The number of hydrogen-bond acceptors (Lipinski definition) is 6. The first-order chi connectivity index (χ1) is 13.6. The fraction of sp³-hybridized carbons (Fsp3) is 0.421. The van der Waals surface area contributed by atoms with Gasteiger partial charge in [0.05, 0.1) is 16.9 Å². The highest BCUT2D eigenvalue weighted by atomic mass is 32.1. The first kappa shape index (κ1) is 19.9. The maximum Gasteiger partial charge on any atom is 0.263 e. The SMILES string of the molecule is CN=C(NCCNC(=O)c1scnc1C)N1CCN(c2ccccc2O)CC1. The van der Waals surface area contributed by atoms with E-state index in [0.717, 1.165) is 43.5 Å². The van der Waals surface area contributed by atoms with Crippen molar-refractivity contribution in [2.45, 2.75) is 6.92 Å². The number of carbonyl (C=O) groups is 1. The third-order valence-corrected chi connectivity index (χ3v) is 5.59. The Bertz CT molecular complexity index is 829. The minimum Gasteiger partial charge on any atom is -0.506 e. The topological polar surface area (TPSA) is 93.1 Å². The van der Waals surface area contributed by atoms with Gasteiger partial charge in [0, 0.05) is 46.3 Å². The van der Waals surface area contributed by atoms with Gasteiger partial charge in [-0.25, -0.2) is 4.98 Å². The molecule has 9 heteroatoms. The van der Waals surface area contributed by atoms with Gasteiger partial charge in [-0.15, -0.1) is 11.3 Å². The number of aromatic hydroxyl groups is 1.